The first kappa shape index (κ1) is 15.5. The minimum atomic E-state index is -3.61. The molecule has 1 saturated carbocycles. The summed E-state index contributed by atoms with van der Waals surface area (Å²) in [6, 6.07) is 1.93. The predicted octanol–water partition coefficient (Wildman–Crippen LogP) is 1.75. The van der Waals surface area contributed by atoms with Gasteiger partial charge >= 0.3 is 0 Å². The van der Waals surface area contributed by atoms with E-state index in [4.69, 9.17) is 9.15 Å². The third kappa shape index (κ3) is 3.68. The van der Waals surface area contributed by atoms with E-state index in [-0.39, 0.29) is 21.7 Å². The van der Waals surface area contributed by atoms with Crippen LogP contribution in [0, 0.1) is 0 Å². The highest BCUT2D eigenvalue weighted by atomic mass is 79.9. The van der Waals surface area contributed by atoms with E-state index in [1.165, 1.54) is 12.8 Å². The standard InChI is InChI=1S/C13H19BrN2O4S/c1-8-11(4-5-19-8)16-21(17,18)12-6-10(20-13(12)14)7-15-9-2-3-9/h6,8-9,11,15-16H,2-5,7H2,1H3. The van der Waals surface area contributed by atoms with Crippen molar-refractivity contribution in [1.29, 1.82) is 0 Å². The summed E-state index contributed by atoms with van der Waals surface area (Å²) >= 11 is 3.20. The molecule has 1 aliphatic carbocycles. The monoisotopic (exact) mass is 378 g/mol. The van der Waals surface area contributed by atoms with Gasteiger partial charge in [0.25, 0.3) is 0 Å². The number of rotatable bonds is 6. The largest absolute Gasteiger partial charge is 0.452 e. The average molecular weight is 379 g/mol. The van der Waals surface area contributed by atoms with Crippen LogP contribution in [0.15, 0.2) is 20.0 Å². The molecule has 1 aromatic heterocycles. The van der Waals surface area contributed by atoms with Crippen molar-refractivity contribution in [3.8, 4) is 0 Å². The van der Waals surface area contributed by atoms with Crippen LogP contribution in [0.2, 0.25) is 0 Å². The normalized spacial score (nSPS) is 26.4. The maximum absolute atomic E-state index is 12.4. The number of halogens is 1. The minimum absolute atomic E-state index is 0.110. The van der Waals surface area contributed by atoms with Gasteiger partial charge in [0.2, 0.25) is 10.0 Å². The lowest BCUT2D eigenvalue weighted by Gasteiger charge is -2.15. The van der Waals surface area contributed by atoms with E-state index >= 15 is 0 Å². The maximum atomic E-state index is 12.4. The van der Waals surface area contributed by atoms with Crippen LogP contribution in [0.1, 0.15) is 31.9 Å². The molecule has 8 heteroatoms. The van der Waals surface area contributed by atoms with Crippen molar-refractivity contribution in [3.63, 3.8) is 0 Å². The summed E-state index contributed by atoms with van der Waals surface area (Å²) in [5.74, 6) is 0.616. The van der Waals surface area contributed by atoms with Crippen LogP contribution in [0.5, 0.6) is 0 Å². The van der Waals surface area contributed by atoms with Crippen LogP contribution in [0.4, 0.5) is 0 Å². The number of hydrogen-bond donors (Lipinski definition) is 2. The molecule has 2 fully saturated rings. The summed E-state index contributed by atoms with van der Waals surface area (Å²) in [7, 11) is -3.61. The van der Waals surface area contributed by atoms with Crippen molar-refractivity contribution >= 4 is 26.0 Å². The summed E-state index contributed by atoms with van der Waals surface area (Å²) < 4.78 is 38.7. The van der Waals surface area contributed by atoms with Crippen molar-refractivity contribution in [3.05, 3.63) is 16.5 Å². The Kier molecular flexibility index (Phi) is 4.42. The Morgan fingerprint density at radius 1 is 1.38 bits per heavy atom. The molecule has 21 heavy (non-hydrogen) atoms. The van der Waals surface area contributed by atoms with Crippen LogP contribution in [0.3, 0.4) is 0 Å². The Labute approximate surface area is 132 Å². The SMILES string of the molecule is CC1OCCC1NS(=O)(=O)c1cc(CNC2CC2)oc1Br. The molecule has 1 aromatic rings. The fraction of sp³-hybridized carbons (Fsp3) is 0.692. The Balaban J connectivity index is 1.71. The van der Waals surface area contributed by atoms with Crippen molar-refractivity contribution in [2.24, 2.45) is 0 Å². The maximum Gasteiger partial charge on any atom is 0.245 e. The van der Waals surface area contributed by atoms with E-state index in [1.54, 1.807) is 6.07 Å². The molecule has 0 amide bonds. The van der Waals surface area contributed by atoms with Gasteiger partial charge in [-0.2, -0.15) is 0 Å². The van der Waals surface area contributed by atoms with Gasteiger partial charge in [-0.05, 0) is 42.1 Å². The molecule has 2 atom stereocenters. The van der Waals surface area contributed by atoms with Crippen LogP contribution in [-0.4, -0.2) is 33.2 Å². The lowest BCUT2D eigenvalue weighted by molar-refractivity contribution is 0.117. The molecular formula is C13H19BrN2O4S. The number of furan rings is 1. The van der Waals surface area contributed by atoms with Gasteiger partial charge in [0, 0.05) is 18.7 Å². The highest BCUT2D eigenvalue weighted by Gasteiger charge is 2.31. The lowest BCUT2D eigenvalue weighted by atomic mass is 10.2. The fourth-order valence-electron chi connectivity index (χ4n) is 2.35. The lowest BCUT2D eigenvalue weighted by Crippen LogP contribution is -2.39. The quantitative estimate of drug-likeness (QED) is 0.787. The summed E-state index contributed by atoms with van der Waals surface area (Å²) in [6.07, 6.45) is 2.93. The first-order valence-electron chi connectivity index (χ1n) is 7.11. The summed E-state index contributed by atoms with van der Waals surface area (Å²) in [4.78, 5) is 0.147. The van der Waals surface area contributed by atoms with E-state index in [1.807, 2.05) is 6.92 Å². The van der Waals surface area contributed by atoms with Gasteiger partial charge in [0.1, 0.15) is 10.7 Å². The Bertz CT molecular complexity index is 612. The van der Waals surface area contributed by atoms with E-state index in [0.717, 1.165) is 0 Å². The third-order valence-corrected chi connectivity index (χ3v) is 6.17. The molecular weight excluding hydrogens is 360 g/mol. The van der Waals surface area contributed by atoms with Crippen LogP contribution >= 0.6 is 15.9 Å². The third-order valence-electron chi connectivity index (χ3n) is 3.82. The van der Waals surface area contributed by atoms with Crippen molar-refractivity contribution in [2.45, 2.75) is 55.8 Å². The molecule has 0 bridgehead atoms. The molecule has 118 valence electrons. The molecule has 1 aliphatic heterocycles. The number of ether oxygens (including phenoxy) is 1. The molecule has 0 spiro atoms. The van der Waals surface area contributed by atoms with Gasteiger partial charge < -0.3 is 14.5 Å². The Morgan fingerprint density at radius 3 is 2.76 bits per heavy atom. The van der Waals surface area contributed by atoms with Crippen molar-refractivity contribution < 1.29 is 17.6 Å². The molecule has 3 rings (SSSR count). The van der Waals surface area contributed by atoms with Crippen molar-refractivity contribution in [2.75, 3.05) is 6.61 Å². The fourth-order valence-corrected chi connectivity index (χ4v) is 4.69. The first-order valence-corrected chi connectivity index (χ1v) is 9.39. The van der Waals surface area contributed by atoms with Crippen LogP contribution in [-0.2, 0) is 21.3 Å². The van der Waals surface area contributed by atoms with Crippen LogP contribution < -0.4 is 10.0 Å². The molecule has 6 nitrogen and oxygen atoms in total. The zero-order chi connectivity index (χ0) is 15.0. The van der Waals surface area contributed by atoms with Gasteiger partial charge in [-0.3, -0.25) is 0 Å². The van der Waals surface area contributed by atoms with E-state index < -0.39 is 10.0 Å². The molecule has 0 aromatic carbocycles. The highest BCUT2D eigenvalue weighted by molar-refractivity contribution is 9.10. The number of nitrogens with one attached hydrogen (secondary N) is 2. The van der Waals surface area contributed by atoms with Gasteiger partial charge in [0.05, 0.1) is 18.7 Å². The topological polar surface area (TPSA) is 80.6 Å². The molecule has 2 aliphatic rings. The average Bonchev–Trinajstić information content (AvgIpc) is 3.05. The minimum Gasteiger partial charge on any atom is -0.452 e. The van der Waals surface area contributed by atoms with Crippen molar-refractivity contribution in [1.82, 2.24) is 10.0 Å². The Morgan fingerprint density at radius 2 is 2.14 bits per heavy atom. The molecule has 2 heterocycles. The molecule has 2 unspecified atom stereocenters. The number of hydrogen-bond acceptors (Lipinski definition) is 5. The zero-order valence-electron chi connectivity index (χ0n) is 11.8. The highest BCUT2D eigenvalue weighted by Crippen LogP contribution is 2.28. The first-order chi connectivity index (χ1) is 9.95. The molecule has 1 saturated heterocycles. The van der Waals surface area contributed by atoms with Gasteiger partial charge in [-0.25, -0.2) is 13.1 Å². The second-order valence-corrected chi connectivity index (χ2v) is 8.00. The van der Waals surface area contributed by atoms with Gasteiger partial charge in [-0.1, -0.05) is 0 Å². The van der Waals surface area contributed by atoms with Gasteiger partial charge in [0.15, 0.2) is 4.67 Å². The Hall–Kier alpha value is -0.410. The zero-order valence-corrected chi connectivity index (χ0v) is 14.2. The predicted molar refractivity (Wildman–Crippen MR) is 80.4 cm³/mol. The molecule has 2 N–H and O–H groups in total. The summed E-state index contributed by atoms with van der Waals surface area (Å²) in [5.41, 5.74) is 0. The van der Waals surface area contributed by atoms with E-state index in [0.29, 0.717) is 31.4 Å². The van der Waals surface area contributed by atoms with E-state index in [9.17, 15) is 8.42 Å². The summed E-state index contributed by atoms with van der Waals surface area (Å²) in [6.45, 7) is 2.99. The van der Waals surface area contributed by atoms with Crippen LogP contribution in [0.25, 0.3) is 0 Å². The second kappa shape index (κ2) is 6.00. The smallest absolute Gasteiger partial charge is 0.245 e. The van der Waals surface area contributed by atoms with E-state index in [2.05, 4.69) is 26.0 Å². The second-order valence-electron chi connectivity index (χ2n) is 5.60. The molecule has 0 radical (unpaired) electrons. The summed E-state index contributed by atoms with van der Waals surface area (Å²) in [5, 5.41) is 3.30. The number of sulfonamides is 1. The van der Waals surface area contributed by atoms with Gasteiger partial charge in [-0.15, -0.1) is 0 Å².